The van der Waals surface area contributed by atoms with Gasteiger partial charge >= 0.3 is 0 Å². The number of sulfonamides is 1. The molecule has 0 N–H and O–H groups in total. The van der Waals surface area contributed by atoms with Crippen LogP contribution in [0.25, 0.3) is 9.15 Å². The van der Waals surface area contributed by atoms with Gasteiger partial charge in [0.15, 0.2) is 9.84 Å². The molecule has 210 valence electrons. The van der Waals surface area contributed by atoms with Crippen molar-refractivity contribution < 1.29 is 21.6 Å². The van der Waals surface area contributed by atoms with E-state index < -0.39 is 36.9 Å². The molecule has 0 saturated carbocycles. The molecule has 0 bridgehead atoms. The van der Waals surface area contributed by atoms with E-state index in [4.69, 9.17) is 0 Å². The number of carbonyl (C=O) groups excluding carboxylic acids is 1. The third kappa shape index (κ3) is 5.26. The van der Waals surface area contributed by atoms with Gasteiger partial charge in [-0.05, 0) is 84.8 Å². The van der Waals surface area contributed by atoms with Gasteiger partial charge in [0.2, 0.25) is 0 Å². The van der Waals surface area contributed by atoms with E-state index in [-0.39, 0.29) is 15.5 Å². The normalized spacial score (nSPS) is 18.6. The first kappa shape index (κ1) is 29.2. The van der Waals surface area contributed by atoms with Crippen LogP contribution in [-0.4, -0.2) is 28.5 Å². The molecule has 1 atom stereocenters. The molecule has 4 aromatic carbocycles. The number of nitrogens with zero attached hydrogens (tertiary/aromatic N) is 1. The molecular formula is C32H28INO5S2. The molecule has 1 unspecified atom stereocenters. The first-order chi connectivity index (χ1) is 19.4. The van der Waals surface area contributed by atoms with Crippen LogP contribution >= 0.6 is 22.6 Å². The Kier molecular flexibility index (Phi) is 7.73. The highest BCUT2D eigenvalue weighted by Crippen LogP contribution is 2.53. The van der Waals surface area contributed by atoms with Crippen molar-refractivity contribution in [1.82, 2.24) is 0 Å². The second-order valence-electron chi connectivity index (χ2n) is 10.4. The molecule has 1 aliphatic heterocycles. The lowest BCUT2D eigenvalue weighted by Gasteiger charge is -2.42. The Bertz CT molecular complexity index is 1880. The summed E-state index contributed by atoms with van der Waals surface area (Å²) in [5.74, 6) is -1.45. The lowest BCUT2D eigenvalue weighted by Crippen LogP contribution is -2.52. The van der Waals surface area contributed by atoms with Crippen LogP contribution in [0.5, 0.6) is 0 Å². The summed E-state index contributed by atoms with van der Waals surface area (Å²) in [6, 6.07) is 28.8. The van der Waals surface area contributed by atoms with Gasteiger partial charge in [-0.1, -0.05) is 83.9 Å². The summed E-state index contributed by atoms with van der Waals surface area (Å²) in [6.45, 7) is 5.23. The SMILES string of the molecule is Cc1ccc(S(=O)(=O)CC2(C)C(=O)N(S(=O)(=O)c3ccc(C)cc3)c3ccccc3/C2=C(/I)c2ccccc2)cc1. The lowest BCUT2D eigenvalue weighted by atomic mass is 9.75. The quantitative estimate of drug-likeness (QED) is 0.207. The number of carbonyl (C=O) groups is 1. The maximum Gasteiger partial charge on any atom is 0.270 e. The molecule has 1 heterocycles. The van der Waals surface area contributed by atoms with E-state index in [1.54, 1.807) is 48.5 Å². The third-order valence-corrected chi connectivity index (χ3v) is 12.1. The molecule has 6 nitrogen and oxygen atoms in total. The zero-order chi connectivity index (χ0) is 29.6. The molecule has 0 spiro atoms. The van der Waals surface area contributed by atoms with Gasteiger partial charge in [0.25, 0.3) is 15.9 Å². The van der Waals surface area contributed by atoms with Crippen LogP contribution in [0.1, 0.15) is 29.2 Å². The van der Waals surface area contributed by atoms with Crippen molar-refractivity contribution in [3.05, 3.63) is 125 Å². The Morgan fingerprint density at radius 3 is 1.83 bits per heavy atom. The number of amides is 1. The minimum absolute atomic E-state index is 0.0554. The number of rotatable bonds is 6. The average Bonchev–Trinajstić information content (AvgIpc) is 2.94. The number of para-hydroxylation sites is 1. The van der Waals surface area contributed by atoms with Crippen LogP contribution in [0.3, 0.4) is 0 Å². The molecule has 0 aliphatic carbocycles. The summed E-state index contributed by atoms with van der Waals surface area (Å²) in [5.41, 5.74) is 1.94. The van der Waals surface area contributed by atoms with E-state index in [1.807, 2.05) is 44.2 Å². The molecule has 1 amide bonds. The first-order valence-corrected chi connectivity index (χ1v) is 17.0. The van der Waals surface area contributed by atoms with Crippen LogP contribution in [-0.2, 0) is 24.7 Å². The Morgan fingerprint density at radius 1 is 0.732 bits per heavy atom. The topological polar surface area (TPSA) is 88.6 Å². The fraction of sp³-hybridized carbons (Fsp3) is 0.156. The minimum Gasteiger partial charge on any atom is -0.272 e. The number of anilines is 1. The van der Waals surface area contributed by atoms with Crippen molar-refractivity contribution in [3.8, 4) is 0 Å². The zero-order valence-corrected chi connectivity index (χ0v) is 26.5. The predicted octanol–water partition coefficient (Wildman–Crippen LogP) is 6.82. The smallest absolute Gasteiger partial charge is 0.270 e. The fourth-order valence-corrected chi connectivity index (χ4v) is 9.61. The average molecular weight is 698 g/mol. The van der Waals surface area contributed by atoms with Crippen LogP contribution in [0.2, 0.25) is 0 Å². The number of hydrogen-bond acceptors (Lipinski definition) is 5. The lowest BCUT2D eigenvalue weighted by molar-refractivity contribution is -0.122. The van der Waals surface area contributed by atoms with Gasteiger partial charge in [0.1, 0.15) is 0 Å². The Morgan fingerprint density at radius 2 is 1.24 bits per heavy atom. The van der Waals surface area contributed by atoms with Crippen LogP contribution in [0.15, 0.2) is 113 Å². The maximum absolute atomic E-state index is 14.7. The largest absolute Gasteiger partial charge is 0.272 e. The molecule has 0 radical (unpaired) electrons. The van der Waals surface area contributed by atoms with E-state index in [2.05, 4.69) is 22.6 Å². The minimum atomic E-state index is -4.39. The van der Waals surface area contributed by atoms with Gasteiger partial charge in [-0.3, -0.25) is 4.79 Å². The molecule has 0 aromatic heterocycles. The number of fused-ring (bicyclic) bond motifs is 1. The van der Waals surface area contributed by atoms with Crippen LogP contribution in [0.4, 0.5) is 5.69 Å². The molecule has 4 aromatic rings. The molecular weight excluding hydrogens is 669 g/mol. The van der Waals surface area contributed by atoms with Gasteiger partial charge in [0, 0.05) is 9.14 Å². The van der Waals surface area contributed by atoms with Gasteiger partial charge in [0.05, 0.1) is 26.6 Å². The Labute approximate surface area is 254 Å². The van der Waals surface area contributed by atoms with Crippen molar-refractivity contribution in [3.63, 3.8) is 0 Å². The van der Waals surface area contributed by atoms with Crippen molar-refractivity contribution in [2.75, 3.05) is 10.1 Å². The molecule has 0 saturated heterocycles. The number of halogens is 1. The van der Waals surface area contributed by atoms with E-state index in [0.29, 0.717) is 14.7 Å². The molecule has 1 aliphatic rings. The monoisotopic (exact) mass is 697 g/mol. The standard InChI is InChI=1S/C32H28INO5S2/c1-22-13-17-25(18-14-22)40(36,37)21-32(3)29(30(33)24-9-5-4-6-10-24)27-11-7-8-12-28(27)34(31(32)35)41(38,39)26-19-15-23(2)16-20-26/h4-20H,21H2,1-3H3/b30-29-. The third-order valence-electron chi connectivity index (χ3n) is 7.27. The second-order valence-corrected chi connectivity index (χ2v) is 15.2. The zero-order valence-electron chi connectivity index (χ0n) is 22.7. The summed E-state index contributed by atoms with van der Waals surface area (Å²) in [6.07, 6.45) is 0. The maximum atomic E-state index is 14.7. The van der Waals surface area contributed by atoms with Gasteiger partial charge in [-0.2, -0.15) is 0 Å². The van der Waals surface area contributed by atoms with E-state index in [9.17, 15) is 21.6 Å². The van der Waals surface area contributed by atoms with Crippen molar-refractivity contribution in [1.29, 1.82) is 0 Å². The first-order valence-electron chi connectivity index (χ1n) is 12.9. The Hall–Kier alpha value is -3.28. The summed E-state index contributed by atoms with van der Waals surface area (Å²) in [5, 5.41) is 0. The number of sulfone groups is 1. The van der Waals surface area contributed by atoms with E-state index in [1.165, 1.54) is 31.2 Å². The summed E-state index contributed by atoms with van der Waals surface area (Å²) >= 11 is 2.14. The van der Waals surface area contributed by atoms with Crippen molar-refractivity contribution in [2.45, 2.75) is 30.6 Å². The van der Waals surface area contributed by atoms with Crippen LogP contribution < -0.4 is 4.31 Å². The number of benzene rings is 4. The van der Waals surface area contributed by atoms with Crippen molar-refractivity contribution >= 4 is 63.2 Å². The molecule has 0 fully saturated rings. The highest BCUT2D eigenvalue weighted by molar-refractivity contribution is 14.1. The predicted molar refractivity (Wildman–Crippen MR) is 171 cm³/mol. The summed E-state index contributed by atoms with van der Waals surface area (Å²) in [7, 11) is -8.43. The summed E-state index contributed by atoms with van der Waals surface area (Å²) < 4.78 is 57.5. The van der Waals surface area contributed by atoms with Gasteiger partial charge in [-0.25, -0.2) is 21.1 Å². The van der Waals surface area contributed by atoms with Crippen LogP contribution in [0, 0.1) is 19.3 Å². The van der Waals surface area contributed by atoms with Gasteiger partial charge < -0.3 is 0 Å². The van der Waals surface area contributed by atoms with Crippen molar-refractivity contribution in [2.24, 2.45) is 5.41 Å². The highest BCUT2D eigenvalue weighted by Gasteiger charge is 2.53. The van der Waals surface area contributed by atoms with E-state index in [0.717, 1.165) is 21.0 Å². The molecule has 41 heavy (non-hydrogen) atoms. The number of hydrogen-bond donors (Lipinski definition) is 0. The highest BCUT2D eigenvalue weighted by atomic mass is 127. The van der Waals surface area contributed by atoms with Gasteiger partial charge in [-0.15, -0.1) is 0 Å². The number of aryl methyl sites for hydroxylation is 2. The molecule has 9 heteroatoms. The summed E-state index contributed by atoms with van der Waals surface area (Å²) in [4.78, 5) is 14.7. The second kappa shape index (κ2) is 10.8. The Balaban J connectivity index is 1.80. The fourth-order valence-electron chi connectivity index (χ4n) is 5.09. The molecule has 5 rings (SSSR count). The van der Waals surface area contributed by atoms with E-state index >= 15 is 0 Å².